The number of nitrogens with zero attached hydrogens (tertiary/aromatic N) is 2. The van der Waals surface area contributed by atoms with Crippen molar-refractivity contribution in [3.8, 4) is 5.88 Å². The lowest BCUT2D eigenvalue weighted by molar-refractivity contribution is -0.110. The van der Waals surface area contributed by atoms with Gasteiger partial charge in [0.1, 0.15) is 12.3 Å². The van der Waals surface area contributed by atoms with Gasteiger partial charge in [-0.3, -0.25) is 14.6 Å². The van der Waals surface area contributed by atoms with Crippen LogP contribution in [0.4, 0.5) is 17.3 Å². The number of ether oxygens (including phenoxy) is 1. The molecule has 0 saturated heterocycles. The number of hydrogen-bond donors (Lipinski definition) is 4. The largest absolute Gasteiger partial charge is 0.478 e. The maximum Gasteiger partial charge on any atom is 0.335 e. The molecule has 24 heavy (non-hydrogen) atoms. The summed E-state index contributed by atoms with van der Waals surface area (Å²) >= 11 is 0. The number of carboxylic acids is 1. The predicted molar refractivity (Wildman–Crippen MR) is 83.9 cm³/mol. The van der Waals surface area contributed by atoms with Gasteiger partial charge in [-0.25, -0.2) is 9.79 Å². The normalized spacial score (nSPS) is 12.6. The summed E-state index contributed by atoms with van der Waals surface area (Å²) in [6.45, 7) is -0.179. The summed E-state index contributed by atoms with van der Waals surface area (Å²) in [5, 5.41) is 11.4. The fourth-order valence-corrected chi connectivity index (χ4v) is 1.98. The van der Waals surface area contributed by atoms with Crippen LogP contribution in [-0.4, -0.2) is 39.3 Å². The predicted octanol–water partition coefficient (Wildman–Crippen LogP) is 0.154. The Morgan fingerprint density at radius 2 is 2.00 bits per heavy atom. The summed E-state index contributed by atoms with van der Waals surface area (Å²) in [4.78, 5) is 44.7. The van der Waals surface area contributed by atoms with E-state index in [1.807, 2.05) is 0 Å². The number of nitrogen functional groups attached to an aromatic ring is 1. The number of aromatic nitrogens is 2. The summed E-state index contributed by atoms with van der Waals surface area (Å²) in [6.07, 6.45) is 0. The highest BCUT2D eigenvalue weighted by Gasteiger charge is 2.23. The van der Waals surface area contributed by atoms with Crippen molar-refractivity contribution in [1.82, 2.24) is 9.97 Å². The molecule has 0 atom stereocenters. The molecule has 0 unspecified atom stereocenters. The van der Waals surface area contributed by atoms with E-state index in [0.717, 1.165) is 0 Å². The lowest BCUT2D eigenvalue weighted by Gasteiger charge is -2.15. The molecule has 0 fully saturated rings. The molecule has 0 aliphatic carbocycles. The van der Waals surface area contributed by atoms with Crippen molar-refractivity contribution in [2.24, 2.45) is 4.99 Å². The highest BCUT2D eigenvalue weighted by molar-refractivity contribution is 6.44. The number of carbonyl (C=O) groups excluding carboxylic acids is 1. The lowest BCUT2D eigenvalue weighted by Crippen LogP contribution is -2.31. The summed E-state index contributed by atoms with van der Waals surface area (Å²) in [5.74, 6) is -1.81. The third-order valence-corrected chi connectivity index (χ3v) is 3.13. The third kappa shape index (κ3) is 2.92. The number of carboxylic acid groups (broad SMARTS) is 1. The Balaban J connectivity index is 1.81. The van der Waals surface area contributed by atoms with Crippen molar-refractivity contribution in [3.05, 3.63) is 40.2 Å². The number of nitrogens with one attached hydrogen (secondary N) is 2. The maximum atomic E-state index is 12.2. The van der Waals surface area contributed by atoms with E-state index in [4.69, 9.17) is 15.6 Å². The number of carbonyl (C=O) groups is 2. The van der Waals surface area contributed by atoms with E-state index in [0.29, 0.717) is 5.69 Å². The quantitative estimate of drug-likeness (QED) is 0.623. The minimum absolute atomic E-state index is 0.0260. The van der Waals surface area contributed by atoms with Gasteiger partial charge in [-0.15, -0.1) is 0 Å². The number of nitrogens with two attached hydrogens (primary N) is 1. The van der Waals surface area contributed by atoms with Crippen LogP contribution in [0.2, 0.25) is 0 Å². The van der Waals surface area contributed by atoms with Crippen molar-refractivity contribution in [2.45, 2.75) is 0 Å². The van der Waals surface area contributed by atoms with E-state index >= 15 is 0 Å². The molecule has 1 aliphatic heterocycles. The average molecular weight is 329 g/mol. The Kier molecular flexibility index (Phi) is 3.70. The van der Waals surface area contributed by atoms with Crippen LogP contribution >= 0.6 is 0 Å². The van der Waals surface area contributed by atoms with Gasteiger partial charge in [0.05, 0.1) is 5.56 Å². The Bertz CT molecular complexity index is 916. The zero-order valence-corrected chi connectivity index (χ0v) is 12.1. The van der Waals surface area contributed by atoms with Crippen LogP contribution in [0.5, 0.6) is 5.88 Å². The summed E-state index contributed by atoms with van der Waals surface area (Å²) in [7, 11) is 0. The number of aromatic carboxylic acids is 1. The standard InChI is InChI=1S/C14H11N5O5/c15-14-18-11(21)9-12(19-14)24-5-8(17-9)10(20)16-7-3-1-6(2-4-7)13(22)23/h1-4H,5H2,(H,16,20)(H,22,23)(H3,15,18,19,21). The zero-order chi connectivity index (χ0) is 17.3. The van der Waals surface area contributed by atoms with Gasteiger partial charge in [-0.1, -0.05) is 0 Å². The third-order valence-electron chi connectivity index (χ3n) is 3.13. The number of anilines is 2. The molecule has 122 valence electrons. The van der Waals surface area contributed by atoms with E-state index in [2.05, 4.69) is 20.3 Å². The van der Waals surface area contributed by atoms with Crippen molar-refractivity contribution in [1.29, 1.82) is 0 Å². The highest BCUT2D eigenvalue weighted by atomic mass is 16.5. The molecule has 3 rings (SSSR count). The van der Waals surface area contributed by atoms with E-state index < -0.39 is 17.4 Å². The molecule has 1 aromatic heterocycles. The number of rotatable bonds is 3. The Morgan fingerprint density at radius 1 is 1.29 bits per heavy atom. The molecule has 10 nitrogen and oxygen atoms in total. The first-order valence-corrected chi connectivity index (χ1v) is 6.69. The second kappa shape index (κ2) is 5.83. The molecule has 0 spiro atoms. The van der Waals surface area contributed by atoms with Crippen LogP contribution in [0.3, 0.4) is 0 Å². The van der Waals surface area contributed by atoms with Gasteiger partial charge in [-0.05, 0) is 24.3 Å². The molecule has 10 heteroatoms. The molecular weight excluding hydrogens is 318 g/mol. The molecule has 2 aromatic rings. The Labute approximate surface area is 134 Å². The number of hydrogen-bond acceptors (Lipinski definition) is 7. The average Bonchev–Trinajstić information content (AvgIpc) is 2.55. The molecular formula is C14H11N5O5. The number of fused-ring (bicyclic) bond motifs is 1. The number of benzene rings is 1. The zero-order valence-electron chi connectivity index (χ0n) is 12.1. The lowest BCUT2D eigenvalue weighted by atomic mass is 10.2. The molecule has 1 aromatic carbocycles. The fourth-order valence-electron chi connectivity index (χ4n) is 1.98. The van der Waals surface area contributed by atoms with Gasteiger partial charge in [0, 0.05) is 5.69 Å². The molecule has 5 N–H and O–H groups in total. The number of H-pyrrole nitrogens is 1. The van der Waals surface area contributed by atoms with Crippen molar-refractivity contribution in [3.63, 3.8) is 0 Å². The molecule has 0 saturated carbocycles. The van der Waals surface area contributed by atoms with E-state index in [9.17, 15) is 14.4 Å². The molecule has 1 amide bonds. The monoisotopic (exact) mass is 329 g/mol. The fraction of sp³-hybridized carbons (Fsp3) is 0.0714. The number of aliphatic imine (C=N–C) groups is 1. The van der Waals surface area contributed by atoms with Crippen molar-refractivity contribution in [2.75, 3.05) is 17.7 Å². The van der Waals surface area contributed by atoms with Gasteiger partial charge in [-0.2, -0.15) is 4.98 Å². The number of aromatic amines is 1. The van der Waals surface area contributed by atoms with Crippen LogP contribution in [0, 0.1) is 0 Å². The van der Waals surface area contributed by atoms with Crippen LogP contribution in [0.15, 0.2) is 34.1 Å². The number of amides is 1. The van der Waals surface area contributed by atoms with Crippen molar-refractivity contribution < 1.29 is 19.4 Å². The first kappa shape index (κ1) is 15.2. The van der Waals surface area contributed by atoms with Gasteiger partial charge in [0.15, 0.2) is 5.69 Å². The minimum atomic E-state index is -1.07. The van der Waals surface area contributed by atoms with Gasteiger partial charge >= 0.3 is 5.97 Å². The van der Waals surface area contributed by atoms with Gasteiger partial charge in [0.2, 0.25) is 11.8 Å². The Morgan fingerprint density at radius 3 is 2.67 bits per heavy atom. The molecule has 2 heterocycles. The summed E-state index contributed by atoms with van der Waals surface area (Å²) < 4.78 is 5.23. The van der Waals surface area contributed by atoms with Crippen LogP contribution in [0.1, 0.15) is 10.4 Å². The first-order valence-electron chi connectivity index (χ1n) is 6.69. The van der Waals surface area contributed by atoms with Gasteiger partial charge in [0.25, 0.3) is 11.5 Å². The first-order chi connectivity index (χ1) is 11.4. The summed E-state index contributed by atoms with van der Waals surface area (Å²) in [5.41, 5.74) is 5.09. The van der Waals surface area contributed by atoms with Gasteiger partial charge < -0.3 is 20.9 Å². The molecule has 0 bridgehead atoms. The van der Waals surface area contributed by atoms with E-state index in [1.54, 1.807) is 0 Å². The van der Waals surface area contributed by atoms with Crippen LogP contribution in [-0.2, 0) is 4.79 Å². The Hall–Kier alpha value is -3.69. The summed E-state index contributed by atoms with van der Waals surface area (Å²) in [6, 6.07) is 5.58. The topological polar surface area (TPSA) is 160 Å². The van der Waals surface area contributed by atoms with Crippen LogP contribution in [0.25, 0.3) is 0 Å². The SMILES string of the molecule is Nc1nc2c(c(=O)[nH]1)N=C(C(=O)Nc1ccc(C(=O)O)cc1)CO2. The maximum absolute atomic E-state index is 12.2. The molecule has 0 radical (unpaired) electrons. The van der Waals surface area contributed by atoms with E-state index in [-0.39, 0.29) is 35.4 Å². The van der Waals surface area contributed by atoms with Crippen LogP contribution < -0.4 is 21.3 Å². The highest BCUT2D eigenvalue weighted by Crippen LogP contribution is 2.24. The molecule has 1 aliphatic rings. The van der Waals surface area contributed by atoms with E-state index in [1.165, 1.54) is 24.3 Å². The smallest absolute Gasteiger partial charge is 0.335 e. The van der Waals surface area contributed by atoms with Crippen molar-refractivity contribution >= 4 is 34.9 Å². The second-order valence-corrected chi connectivity index (χ2v) is 4.79. The second-order valence-electron chi connectivity index (χ2n) is 4.79. The minimum Gasteiger partial charge on any atom is -0.478 e.